The van der Waals surface area contributed by atoms with Gasteiger partial charge in [-0.1, -0.05) is 34.6 Å². The maximum atomic E-state index is 5.18. The third kappa shape index (κ3) is 4.52. The third-order valence-corrected chi connectivity index (χ3v) is 4.07. The first kappa shape index (κ1) is 15.9. The molecule has 108 valence electrons. The Morgan fingerprint density at radius 3 is 2.50 bits per heavy atom. The molecule has 3 heteroatoms. The van der Waals surface area contributed by atoms with Crippen LogP contribution in [0, 0.1) is 11.3 Å². The zero-order chi connectivity index (χ0) is 13.8. The summed E-state index contributed by atoms with van der Waals surface area (Å²) < 4.78 is 5.18. The van der Waals surface area contributed by atoms with Crippen molar-refractivity contribution in [3.8, 4) is 0 Å². The third-order valence-electron chi connectivity index (χ3n) is 4.07. The monoisotopic (exact) mass is 256 g/mol. The topological polar surface area (TPSA) is 24.5 Å². The second kappa shape index (κ2) is 6.88. The zero-order valence-corrected chi connectivity index (χ0v) is 13.1. The second-order valence-electron chi connectivity index (χ2n) is 6.98. The molecule has 1 fully saturated rings. The second-order valence-corrected chi connectivity index (χ2v) is 6.98. The van der Waals surface area contributed by atoms with E-state index in [9.17, 15) is 0 Å². The Balaban J connectivity index is 2.58. The van der Waals surface area contributed by atoms with Crippen LogP contribution in [-0.2, 0) is 4.74 Å². The van der Waals surface area contributed by atoms with Crippen molar-refractivity contribution in [3.05, 3.63) is 0 Å². The first-order valence-electron chi connectivity index (χ1n) is 7.32. The van der Waals surface area contributed by atoms with E-state index in [-0.39, 0.29) is 0 Å². The summed E-state index contributed by atoms with van der Waals surface area (Å²) in [5, 5.41) is 3.74. The lowest BCUT2D eigenvalue weighted by atomic mass is 9.83. The lowest BCUT2D eigenvalue weighted by Crippen LogP contribution is -2.61. The van der Waals surface area contributed by atoms with E-state index in [2.05, 4.69) is 44.8 Å². The molecule has 2 atom stereocenters. The highest BCUT2D eigenvalue weighted by Gasteiger charge is 2.34. The molecule has 0 aromatic rings. The van der Waals surface area contributed by atoms with E-state index in [1.807, 2.05) is 0 Å². The molecule has 0 saturated carbocycles. The average Bonchev–Trinajstić information content (AvgIpc) is 2.27. The van der Waals surface area contributed by atoms with E-state index < -0.39 is 0 Å². The summed E-state index contributed by atoms with van der Waals surface area (Å²) in [6.07, 6.45) is 1.14. The van der Waals surface area contributed by atoms with Gasteiger partial charge in [0.1, 0.15) is 0 Å². The van der Waals surface area contributed by atoms with Crippen LogP contribution >= 0.6 is 0 Å². The minimum absolute atomic E-state index is 0.335. The Kier molecular flexibility index (Phi) is 6.09. The van der Waals surface area contributed by atoms with Gasteiger partial charge in [0.05, 0.1) is 0 Å². The van der Waals surface area contributed by atoms with Crippen LogP contribution in [0.2, 0.25) is 0 Å². The normalized spacial score (nSPS) is 26.8. The highest BCUT2D eigenvalue weighted by molar-refractivity contribution is 4.92. The van der Waals surface area contributed by atoms with Crippen molar-refractivity contribution >= 4 is 0 Å². The van der Waals surface area contributed by atoms with Gasteiger partial charge in [0, 0.05) is 45.4 Å². The van der Waals surface area contributed by atoms with Crippen molar-refractivity contribution < 1.29 is 4.74 Å². The molecule has 0 aromatic heterocycles. The Morgan fingerprint density at radius 1 is 1.33 bits per heavy atom. The quantitative estimate of drug-likeness (QED) is 0.764. The Hall–Kier alpha value is -0.120. The summed E-state index contributed by atoms with van der Waals surface area (Å²) in [5.41, 5.74) is 0.335. The molecule has 0 bridgehead atoms. The van der Waals surface area contributed by atoms with Gasteiger partial charge in [0.25, 0.3) is 0 Å². The number of piperazine rings is 1. The van der Waals surface area contributed by atoms with Crippen molar-refractivity contribution in [2.75, 3.05) is 33.4 Å². The number of hydrogen-bond donors (Lipinski definition) is 1. The lowest BCUT2D eigenvalue weighted by Gasteiger charge is -2.46. The predicted octanol–water partition coefficient (Wildman–Crippen LogP) is 2.37. The summed E-state index contributed by atoms with van der Waals surface area (Å²) in [5.74, 6) is 0.709. The minimum Gasteiger partial charge on any atom is -0.385 e. The molecule has 1 aliphatic rings. The zero-order valence-electron chi connectivity index (χ0n) is 13.1. The molecule has 0 aromatic carbocycles. The average molecular weight is 256 g/mol. The number of nitrogens with zero attached hydrogens (tertiary/aromatic N) is 1. The Morgan fingerprint density at radius 2 is 2.00 bits per heavy atom. The van der Waals surface area contributed by atoms with Gasteiger partial charge in [-0.2, -0.15) is 0 Å². The van der Waals surface area contributed by atoms with E-state index in [1.165, 1.54) is 0 Å². The summed E-state index contributed by atoms with van der Waals surface area (Å²) in [6, 6.07) is 1.26. The molecule has 18 heavy (non-hydrogen) atoms. The van der Waals surface area contributed by atoms with E-state index in [4.69, 9.17) is 4.74 Å². The van der Waals surface area contributed by atoms with Crippen LogP contribution < -0.4 is 5.32 Å². The highest BCUT2D eigenvalue weighted by atomic mass is 16.5. The van der Waals surface area contributed by atoms with Gasteiger partial charge in [-0.05, 0) is 17.8 Å². The minimum atomic E-state index is 0.335. The first-order chi connectivity index (χ1) is 8.36. The van der Waals surface area contributed by atoms with Crippen LogP contribution in [0.15, 0.2) is 0 Å². The van der Waals surface area contributed by atoms with Gasteiger partial charge in [-0.3, -0.25) is 4.90 Å². The van der Waals surface area contributed by atoms with Crippen molar-refractivity contribution in [2.24, 2.45) is 11.3 Å². The smallest absolute Gasteiger partial charge is 0.0474 e. The van der Waals surface area contributed by atoms with Crippen molar-refractivity contribution in [2.45, 2.75) is 53.1 Å². The molecule has 1 rings (SSSR count). The number of rotatable bonds is 5. The number of ether oxygens (including phenoxy) is 1. The molecule has 3 nitrogen and oxygen atoms in total. The summed E-state index contributed by atoms with van der Waals surface area (Å²) in [4.78, 5) is 2.66. The van der Waals surface area contributed by atoms with Crippen molar-refractivity contribution in [1.29, 1.82) is 0 Å². The molecule has 1 N–H and O–H groups in total. The standard InChI is InChI=1S/C15H32N2O/c1-12(2)13-10-16-14(15(3,4)5)11-17(13)8-7-9-18-6/h12-14,16H,7-11H2,1-6H3. The molecule has 0 amide bonds. The molecule has 1 saturated heterocycles. The highest BCUT2D eigenvalue weighted by Crippen LogP contribution is 2.25. The van der Waals surface area contributed by atoms with Crippen LogP contribution in [0.3, 0.4) is 0 Å². The van der Waals surface area contributed by atoms with Crippen LogP contribution in [0.25, 0.3) is 0 Å². The van der Waals surface area contributed by atoms with Gasteiger partial charge in [0.15, 0.2) is 0 Å². The first-order valence-corrected chi connectivity index (χ1v) is 7.32. The number of methoxy groups -OCH3 is 1. The van der Waals surface area contributed by atoms with Crippen LogP contribution in [0.1, 0.15) is 41.0 Å². The van der Waals surface area contributed by atoms with E-state index >= 15 is 0 Å². The van der Waals surface area contributed by atoms with Crippen molar-refractivity contribution in [1.82, 2.24) is 10.2 Å². The van der Waals surface area contributed by atoms with E-state index in [0.717, 1.165) is 32.7 Å². The number of nitrogens with one attached hydrogen (secondary N) is 1. The fourth-order valence-electron chi connectivity index (χ4n) is 2.73. The van der Waals surface area contributed by atoms with Crippen LogP contribution in [0.4, 0.5) is 0 Å². The van der Waals surface area contributed by atoms with Crippen LogP contribution in [-0.4, -0.2) is 50.3 Å². The van der Waals surface area contributed by atoms with Gasteiger partial charge >= 0.3 is 0 Å². The molecule has 2 unspecified atom stereocenters. The van der Waals surface area contributed by atoms with E-state index in [0.29, 0.717) is 23.4 Å². The molecule has 1 heterocycles. The molecular weight excluding hydrogens is 224 g/mol. The molecular formula is C15H32N2O. The summed E-state index contributed by atoms with van der Waals surface area (Å²) in [7, 11) is 1.79. The summed E-state index contributed by atoms with van der Waals surface area (Å²) in [6.45, 7) is 15.9. The molecule has 0 radical (unpaired) electrons. The Labute approximate surface area is 113 Å². The predicted molar refractivity (Wildman–Crippen MR) is 77.9 cm³/mol. The van der Waals surface area contributed by atoms with Gasteiger partial charge in [-0.25, -0.2) is 0 Å². The lowest BCUT2D eigenvalue weighted by molar-refractivity contribution is 0.0555. The van der Waals surface area contributed by atoms with Crippen molar-refractivity contribution in [3.63, 3.8) is 0 Å². The SMILES string of the molecule is COCCCN1CC(C(C)(C)C)NCC1C(C)C. The fraction of sp³-hybridized carbons (Fsp3) is 1.00. The molecule has 1 aliphatic heterocycles. The maximum Gasteiger partial charge on any atom is 0.0474 e. The van der Waals surface area contributed by atoms with Crippen LogP contribution in [0.5, 0.6) is 0 Å². The summed E-state index contributed by atoms with van der Waals surface area (Å²) >= 11 is 0. The largest absolute Gasteiger partial charge is 0.385 e. The van der Waals surface area contributed by atoms with Gasteiger partial charge in [0.2, 0.25) is 0 Å². The van der Waals surface area contributed by atoms with Gasteiger partial charge in [-0.15, -0.1) is 0 Å². The fourth-order valence-corrected chi connectivity index (χ4v) is 2.73. The maximum absolute atomic E-state index is 5.18. The Bertz CT molecular complexity index is 235. The van der Waals surface area contributed by atoms with Gasteiger partial charge < -0.3 is 10.1 Å². The number of hydrogen-bond acceptors (Lipinski definition) is 3. The van der Waals surface area contributed by atoms with E-state index in [1.54, 1.807) is 7.11 Å². The molecule has 0 spiro atoms. The molecule has 0 aliphatic carbocycles.